The number of hydrogen-bond acceptors (Lipinski definition) is 3. The minimum Gasteiger partial charge on any atom is -0.497 e. The number of carbonyl (C=O) groups excluding carboxylic acids is 2. The molecule has 0 bridgehead atoms. The van der Waals surface area contributed by atoms with E-state index >= 15 is 0 Å². The maximum Gasteiger partial charge on any atom is 0.228 e. The van der Waals surface area contributed by atoms with Crippen LogP contribution >= 0.6 is 0 Å². The molecule has 0 aromatic heterocycles. The third-order valence-corrected chi connectivity index (χ3v) is 3.39. The number of carbonyl (C=O) groups is 2. The summed E-state index contributed by atoms with van der Waals surface area (Å²) in [4.78, 5) is 23.5. The summed E-state index contributed by atoms with van der Waals surface area (Å²) in [6.07, 6.45) is 0.269. The summed E-state index contributed by atoms with van der Waals surface area (Å²) in [5.74, 6) is 0.641. The molecule has 1 amide bonds. The van der Waals surface area contributed by atoms with Crippen LogP contribution in [-0.4, -0.2) is 24.3 Å². The number of ether oxygens (including phenoxy) is 1. The van der Waals surface area contributed by atoms with Crippen molar-refractivity contribution in [2.45, 2.75) is 27.7 Å². The normalized spacial score (nSPS) is 9.29. The van der Waals surface area contributed by atoms with Gasteiger partial charge in [0.2, 0.25) is 5.91 Å². The highest BCUT2D eigenvalue weighted by Crippen LogP contribution is 2.17. The summed E-state index contributed by atoms with van der Waals surface area (Å²) in [5, 5.41) is 2.84. The number of aryl methyl sites for hydroxylation is 1. The summed E-state index contributed by atoms with van der Waals surface area (Å²) in [5.41, 5.74) is 3.10. The average molecular weight is 331 g/mol. The van der Waals surface area contributed by atoms with Crippen molar-refractivity contribution in [3.8, 4) is 5.75 Å². The Balaban J connectivity index is 0.00000264. The van der Waals surface area contributed by atoms with Gasteiger partial charge >= 0.3 is 0 Å². The zero-order valence-corrected chi connectivity index (χ0v) is 13.5. The average Bonchev–Trinajstić information content (AvgIpc) is 2.47. The van der Waals surface area contributed by atoms with Crippen molar-refractivity contribution >= 4 is 17.4 Å². The quantitative estimate of drug-likeness (QED) is 0.854. The smallest absolute Gasteiger partial charge is 0.228 e. The van der Waals surface area contributed by atoms with Crippen molar-refractivity contribution in [3.05, 3.63) is 59.2 Å². The van der Waals surface area contributed by atoms with Crippen molar-refractivity contribution in [2.75, 3.05) is 12.4 Å². The predicted molar refractivity (Wildman–Crippen MR) is 96.9 cm³/mol. The minimum atomic E-state index is -0.108. The van der Waals surface area contributed by atoms with Crippen LogP contribution in [0, 0.1) is 6.92 Å². The first-order valence-corrected chi connectivity index (χ1v) is 7.04. The molecule has 0 aliphatic carbocycles. The lowest BCUT2D eigenvalue weighted by molar-refractivity contribution is -0.115. The molecule has 5 nitrogen and oxygen atoms in total. The molecule has 0 heterocycles. The van der Waals surface area contributed by atoms with E-state index < -0.39 is 0 Å². The summed E-state index contributed by atoms with van der Waals surface area (Å²) in [6.45, 7) is 3.39. The van der Waals surface area contributed by atoms with E-state index in [1.807, 2.05) is 31.2 Å². The highest BCUT2D eigenvalue weighted by molar-refractivity contribution is 5.97. The van der Waals surface area contributed by atoms with Gasteiger partial charge in [-0.1, -0.05) is 19.6 Å². The van der Waals surface area contributed by atoms with Gasteiger partial charge < -0.3 is 15.5 Å². The number of rotatable bonds is 5. The Morgan fingerprint density at radius 3 is 2.42 bits per heavy atom. The Hall–Kier alpha value is -2.66. The van der Waals surface area contributed by atoms with Gasteiger partial charge in [-0.3, -0.25) is 9.59 Å². The maximum absolute atomic E-state index is 12.1. The number of anilines is 1. The SMILES string of the molecule is C.COc1cccc(CC(=O)Nc2ccc(C(C)=O)c(C)c2)c1.O. The van der Waals surface area contributed by atoms with Gasteiger partial charge in [-0.05, 0) is 55.3 Å². The van der Waals surface area contributed by atoms with E-state index in [9.17, 15) is 9.59 Å². The van der Waals surface area contributed by atoms with Gasteiger partial charge in [0.15, 0.2) is 5.78 Å². The molecular weight excluding hydrogens is 306 g/mol. The van der Waals surface area contributed by atoms with E-state index in [2.05, 4.69) is 5.32 Å². The molecule has 0 aliphatic heterocycles. The van der Waals surface area contributed by atoms with E-state index in [1.54, 1.807) is 25.3 Å². The van der Waals surface area contributed by atoms with Crippen LogP contribution in [0.3, 0.4) is 0 Å². The van der Waals surface area contributed by atoms with Crippen LogP contribution in [0.5, 0.6) is 5.75 Å². The van der Waals surface area contributed by atoms with Crippen LogP contribution < -0.4 is 10.1 Å². The van der Waals surface area contributed by atoms with Gasteiger partial charge in [0, 0.05) is 11.3 Å². The Bertz CT molecular complexity index is 710. The minimum absolute atomic E-state index is 0. The lowest BCUT2D eigenvalue weighted by Crippen LogP contribution is -2.14. The summed E-state index contributed by atoms with van der Waals surface area (Å²) in [7, 11) is 1.60. The molecule has 0 spiro atoms. The first-order valence-electron chi connectivity index (χ1n) is 7.04. The zero-order valence-electron chi connectivity index (χ0n) is 13.5. The molecule has 2 aromatic rings. The topological polar surface area (TPSA) is 86.9 Å². The fourth-order valence-electron chi connectivity index (χ4n) is 2.31. The van der Waals surface area contributed by atoms with Crippen LogP contribution in [0.2, 0.25) is 0 Å². The first-order chi connectivity index (χ1) is 10.5. The van der Waals surface area contributed by atoms with Crippen LogP contribution in [0.15, 0.2) is 42.5 Å². The lowest BCUT2D eigenvalue weighted by atomic mass is 10.0. The highest BCUT2D eigenvalue weighted by atomic mass is 16.5. The molecule has 0 aliphatic rings. The molecule has 2 rings (SSSR count). The van der Waals surface area contributed by atoms with Crippen molar-refractivity contribution in [3.63, 3.8) is 0 Å². The van der Waals surface area contributed by atoms with Crippen molar-refractivity contribution < 1.29 is 19.8 Å². The molecule has 0 atom stereocenters. The Kier molecular flexibility index (Phi) is 8.42. The molecule has 3 N–H and O–H groups in total. The number of hydrogen-bond donors (Lipinski definition) is 1. The van der Waals surface area contributed by atoms with Crippen molar-refractivity contribution in [2.24, 2.45) is 0 Å². The van der Waals surface area contributed by atoms with Gasteiger partial charge in [0.25, 0.3) is 0 Å². The van der Waals surface area contributed by atoms with E-state index in [-0.39, 0.29) is 31.0 Å². The van der Waals surface area contributed by atoms with Crippen LogP contribution in [0.1, 0.15) is 35.8 Å². The number of ketones is 1. The number of methoxy groups -OCH3 is 1. The Labute approximate surface area is 143 Å². The van der Waals surface area contributed by atoms with E-state index in [1.165, 1.54) is 6.92 Å². The highest BCUT2D eigenvalue weighted by Gasteiger charge is 2.08. The summed E-state index contributed by atoms with van der Waals surface area (Å²) in [6, 6.07) is 12.7. The number of amides is 1. The van der Waals surface area contributed by atoms with Gasteiger partial charge in [0.05, 0.1) is 13.5 Å². The molecule has 24 heavy (non-hydrogen) atoms. The Morgan fingerprint density at radius 1 is 1.12 bits per heavy atom. The molecular formula is C19H25NO4. The van der Waals surface area contributed by atoms with Gasteiger partial charge in [-0.2, -0.15) is 0 Å². The third kappa shape index (κ3) is 5.52. The second-order valence-electron chi connectivity index (χ2n) is 5.16. The van der Waals surface area contributed by atoms with Crippen LogP contribution in [0.4, 0.5) is 5.69 Å². The fourth-order valence-corrected chi connectivity index (χ4v) is 2.31. The lowest BCUT2D eigenvalue weighted by Gasteiger charge is -2.09. The Morgan fingerprint density at radius 2 is 1.83 bits per heavy atom. The molecule has 0 unspecified atom stereocenters. The van der Waals surface area contributed by atoms with Gasteiger partial charge in [0.1, 0.15) is 5.75 Å². The van der Waals surface area contributed by atoms with E-state index in [4.69, 9.17) is 4.74 Å². The van der Waals surface area contributed by atoms with E-state index in [0.717, 1.165) is 16.9 Å². The molecule has 0 saturated carbocycles. The molecule has 0 fully saturated rings. The van der Waals surface area contributed by atoms with Crippen LogP contribution in [0.25, 0.3) is 0 Å². The number of Topliss-reactive ketones (excluding diaryl/α,β-unsaturated/α-hetero) is 1. The van der Waals surface area contributed by atoms with Crippen molar-refractivity contribution in [1.82, 2.24) is 0 Å². The molecule has 0 radical (unpaired) electrons. The molecule has 0 saturated heterocycles. The van der Waals surface area contributed by atoms with Gasteiger partial charge in [-0.15, -0.1) is 0 Å². The molecule has 5 heteroatoms. The molecule has 2 aromatic carbocycles. The third-order valence-electron chi connectivity index (χ3n) is 3.39. The first kappa shape index (κ1) is 21.3. The van der Waals surface area contributed by atoms with Crippen LogP contribution in [-0.2, 0) is 11.2 Å². The molecule has 130 valence electrons. The van der Waals surface area contributed by atoms with E-state index in [0.29, 0.717) is 11.3 Å². The van der Waals surface area contributed by atoms with Gasteiger partial charge in [-0.25, -0.2) is 0 Å². The number of nitrogens with one attached hydrogen (secondary N) is 1. The fraction of sp³-hybridized carbons (Fsp3) is 0.263. The second-order valence-corrected chi connectivity index (χ2v) is 5.16. The largest absolute Gasteiger partial charge is 0.497 e. The standard InChI is InChI=1S/C18H19NO3.CH4.H2O/c1-12-9-15(7-8-17(12)13(2)20)19-18(21)11-14-5-4-6-16(10-14)22-3;;/h4-10H,11H2,1-3H3,(H,19,21);1H4;1H2. The monoisotopic (exact) mass is 331 g/mol. The summed E-state index contributed by atoms with van der Waals surface area (Å²) >= 11 is 0. The maximum atomic E-state index is 12.1. The zero-order chi connectivity index (χ0) is 16.1. The number of benzene rings is 2. The predicted octanol–water partition coefficient (Wildman–Crippen LogP) is 3.20. The van der Waals surface area contributed by atoms with Crippen molar-refractivity contribution in [1.29, 1.82) is 0 Å². The second kappa shape index (κ2) is 9.47. The summed E-state index contributed by atoms with van der Waals surface area (Å²) < 4.78 is 5.14.